The van der Waals surface area contributed by atoms with Crippen LogP contribution in [-0.4, -0.2) is 41.0 Å². The molecule has 2 heterocycles. The van der Waals surface area contributed by atoms with Crippen LogP contribution >= 0.6 is 11.6 Å². The van der Waals surface area contributed by atoms with Gasteiger partial charge in [0, 0.05) is 30.5 Å². The summed E-state index contributed by atoms with van der Waals surface area (Å²) in [6, 6.07) is 6.28. The lowest BCUT2D eigenvalue weighted by atomic mass is 10.0. The van der Waals surface area contributed by atoms with Crippen molar-refractivity contribution in [1.82, 2.24) is 19.7 Å². The minimum absolute atomic E-state index is 0.0447. The van der Waals surface area contributed by atoms with Crippen LogP contribution in [0.3, 0.4) is 0 Å². The van der Waals surface area contributed by atoms with Crippen LogP contribution in [0.4, 0.5) is 16.0 Å². The molecule has 9 nitrogen and oxygen atoms in total. The predicted molar refractivity (Wildman–Crippen MR) is 121 cm³/mol. The maximum atomic E-state index is 15.4. The van der Waals surface area contributed by atoms with E-state index in [1.165, 1.54) is 18.3 Å². The summed E-state index contributed by atoms with van der Waals surface area (Å²) in [4.78, 5) is 8.59. The monoisotopic (exact) mass is 477 g/mol. The Morgan fingerprint density at radius 2 is 2.06 bits per heavy atom. The quantitative estimate of drug-likeness (QED) is 0.468. The van der Waals surface area contributed by atoms with Gasteiger partial charge in [-0.05, 0) is 32.0 Å². The molecule has 0 atom stereocenters. The van der Waals surface area contributed by atoms with Gasteiger partial charge in [-0.2, -0.15) is 10.4 Å². The molecule has 32 heavy (non-hydrogen) atoms. The Kier molecular flexibility index (Phi) is 6.96. The van der Waals surface area contributed by atoms with E-state index in [2.05, 4.69) is 25.1 Å². The number of nitrogens with zero attached hydrogens (tertiary/aromatic N) is 5. The van der Waals surface area contributed by atoms with Gasteiger partial charge in [-0.1, -0.05) is 11.6 Å². The standard InChI is InChI=1S/C20H21ClFN7O2S/c1-12(2)29-11-13(15-7-10-25-20(26-15)24-9-4-8-23)19(27-29)17-14(21)5-6-16(18(17)22)28-32(3,30)31/h5-7,10-12,28H,4,9H2,1-3H3,(H,24,25,26). The number of sulfonamides is 1. The van der Waals surface area contributed by atoms with Gasteiger partial charge < -0.3 is 5.32 Å². The highest BCUT2D eigenvalue weighted by atomic mass is 35.5. The van der Waals surface area contributed by atoms with Gasteiger partial charge in [0.05, 0.1) is 40.7 Å². The molecule has 12 heteroatoms. The SMILES string of the molecule is CC(C)n1cc(-c2ccnc(NCCC#N)n2)c(-c2c(Cl)ccc(NS(C)(=O)=O)c2F)n1. The molecule has 0 aliphatic heterocycles. The Morgan fingerprint density at radius 1 is 1.31 bits per heavy atom. The van der Waals surface area contributed by atoms with Crippen LogP contribution < -0.4 is 10.0 Å². The van der Waals surface area contributed by atoms with Crippen LogP contribution in [-0.2, 0) is 10.0 Å². The van der Waals surface area contributed by atoms with Crippen LogP contribution in [0.15, 0.2) is 30.6 Å². The lowest BCUT2D eigenvalue weighted by molar-refractivity contribution is 0.533. The van der Waals surface area contributed by atoms with Gasteiger partial charge in [-0.3, -0.25) is 9.40 Å². The number of nitriles is 1. The fourth-order valence-electron chi connectivity index (χ4n) is 2.90. The van der Waals surface area contributed by atoms with Crippen molar-refractivity contribution in [3.63, 3.8) is 0 Å². The number of hydrogen-bond acceptors (Lipinski definition) is 7. The third kappa shape index (κ3) is 5.33. The Balaban J connectivity index is 2.17. The first kappa shape index (κ1) is 23.4. The zero-order chi connectivity index (χ0) is 23.5. The second kappa shape index (κ2) is 9.50. The fraction of sp³-hybridized carbons (Fsp3) is 0.300. The maximum absolute atomic E-state index is 15.4. The molecule has 2 N–H and O–H groups in total. The molecule has 168 valence electrons. The second-order valence-electron chi connectivity index (χ2n) is 7.22. The number of nitrogens with one attached hydrogen (secondary N) is 2. The van der Waals surface area contributed by atoms with E-state index >= 15 is 4.39 Å². The molecular weight excluding hydrogens is 457 g/mol. The molecule has 0 fully saturated rings. The van der Waals surface area contributed by atoms with Crippen molar-refractivity contribution < 1.29 is 12.8 Å². The summed E-state index contributed by atoms with van der Waals surface area (Å²) in [6.07, 6.45) is 4.47. The number of anilines is 2. The number of hydrogen-bond donors (Lipinski definition) is 2. The van der Waals surface area contributed by atoms with E-state index in [0.717, 1.165) is 6.26 Å². The Morgan fingerprint density at radius 3 is 2.72 bits per heavy atom. The van der Waals surface area contributed by atoms with Crippen molar-refractivity contribution in [1.29, 1.82) is 5.26 Å². The van der Waals surface area contributed by atoms with Gasteiger partial charge in [-0.25, -0.2) is 22.8 Å². The molecule has 0 radical (unpaired) electrons. The zero-order valence-corrected chi connectivity index (χ0v) is 19.2. The lowest BCUT2D eigenvalue weighted by Crippen LogP contribution is -2.11. The molecule has 0 aliphatic rings. The maximum Gasteiger partial charge on any atom is 0.229 e. The average molecular weight is 478 g/mol. The fourth-order valence-corrected chi connectivity index (χ4v) is 3.69. The van der Waals surface area contributed by atoms with Gasteiger partial charge in [0.2, 0.25) is 16.0 Å². The molecule has 0 unspecified atom stereocenters. The Labute approximate surface area is 190 Å². The van der Waals surface area contributed by atoms with E-state index in [-0.39, 0.29) is 34.4 Å². The van der Waals surface area contributed by atoms with Crippen LogP contribution in [0.5, 0.6) is 0 Å². The smallest absolute Gasteiger partial charge is 0.229 e. The zero-order valence-electron chi connectivity index (χ0n) is 17.6. The van der Waals surface area contributed by atoms with Crippen LogP contribution in [0.1, 0.15) is 26.3 Å². The van der Waals surface area contributed by atoms with Crippen molar-refractivity contribution >= 4 is 33.3 Å². The van der Waals surface area contributed by atoms with Gasteiger partial charge in [0.15, 0.2) is 5.82 Å². The van der Waals surface area contributed by atoms with Gasteiger partial charge in [-0.15, -0.1) is 0 Å². The summed E-state index contributed by atoms with van der Waals surface area (Å²) in [5.74, 6) is -0.542. The first-order valence-corrected chi connectivity index (χ1v) is 11.9. The van der Waals surface area contributed by atoms with E-state index in [1.54, 1.807) is 16.9 Å². The highest BCUT2D eigenvalue weighted by molar-refractivity contribution is 7.92. The summed E-state index contributed by atoms with van der Waals surface area (Å²) < 4.78 is 42.5. The lowest BCUT2D eigenvalue weighted by Gasteiger charge is -2.11. The molecule has 0 saturated carbocycles. The molecule has 0 aliphatic carbocycles. The normalized spacial score (nSPS) is 11.4. The molecule has 0 bridgehead atoms. The molecule has 0 spiro atoms. The molecular formula is C20H21ClFN7O2S. The van der Waals surface area contributed by atoms with Crippen molar-refractivity contribution in [2.75, 3.05) is 22.8 Å². The van der Waals surface area contributed by atoms with E-state index in [4.69, 9.17) is 16.9 Å². The molecule has 3 aromatic rings. The van der Waals surface area contributed by atoms with E-state index in [9.17, 15) is 8.42 Å². The highest BCUT2D eigenvalue weighted by Gasteiger charge is 2.24. The van der Waals surface area contributed by atoms with Crippen molar-refractivity contribution in [2.24, 2.45) is 0 Å². The van der Waals surface area contributed by atoms with Crippen molar-refractivity contribution in [3.8, 4) is 28.6 Å². The molecule has 2 aromatic heterocycles. The first-order chi connectivity index (χ1) is 15.1. The van der Waals surface area contributed by atoms with Crippen LogP contribution in [0, 0.1) is 17.1 Å². The Hall–Kier alpha value is -3.23. The Bertz CT molecular complexity index is 1290. The summed E-state index contributed by atoms with van der Waals surface area (Å²) in [6.45, 7) is 4.20. The van der Waals surface area contributed by atoms with Crippen molar-refractivity contribution in [2.45, 2.75) is 26.3 Å². The highest BCUT2D eigenvalue weighted by Crippen LogP contribution is 2.39. The minimum atomic E-state index is -3.71. The average Bonchev–Trinajstić information content (AvgIpc) is 3.15. The molecule has 0 amide bonds. The number of aromatic nitrogens is 4. The predicted octanol–water partition coefficient (Wildman–Crippen LogP) is 4.08. The molecule has 0 saturated heterocycles. The third-order valence-electron chi connectivity index (χ3n) is 4.34. The number of benzene rings is 1. The number of rotatable bonds is 8. The summed E-state index contributed by atoms with van der Waals surface area (Å²) >= 11 is 6.33. The topological polar surface area (TPSA) is 126 Å². The van der Waals surface area contributed by atoms with E-state index < -0.39 is 15.8 Å². The second-order valence-corrected chi connectivity index (χ2v) is 9.38. The van der Waals surface area contributed by atoms with Gasteiger partial charge in [0.1, 0.15) is 5.69 Å². The van der Waals surface area contributed by atoms with E-state index in [0.29, 0.717) is 23.8 Å². The van der Waals surface area contributed by atoms with Gasteiger partial charge >= 0.3 is 0 Å². The van der Waals surface area contributed by atoms with E-state index in [1.807, 2.05) is 19.9 Å². The van der Waals surface area contributed by atoms with Gasteiger partial charge in [0.25, 0.3) is 0 Å². The summed E-state index contributed by atoms with van der Waals surface area (Å²) in [7, 11) is -3.71. The van der Waals surface area contributed by atoms with Crippen molar-refractivity contribution in [3.05, 3.63) is 41.4 Å². The minimum Gasteiger partial charge on any atom is -0.353 e. The summed E-state index contributed by atoms with van der Waals surface area (Å²) in [5.41, 5.74) is 0.867. The van der Waals surface area contributed by atoms with Crippen LogP contribution in [0.2, 0.25) is 5.02 Å². The third-order valence-corrected chi connectivity index (χ3v) is 5.24. The van der Waals surface area contributed by atoms with Crippen LogP contribution in [0.25, 0.3) is 22.5 Å². The number of halogens is 2. The molecule has 1 aromatic carbocycles. The summed E-state index contributed by atoms with van der Waals surface area (Å²) in [5, 5.41) is 16.2. The first-order valence-electron chi connectivity index (χ1n) is 9.60. The largest absolute Gasteiger partial charge is 0.353 e. The molecule has 3 rings (SSSR count).